The van der Waals surface area contributed by atoms with Gasteiger partial charge in [-0.05, 0) is 24.1 Å². The first-order valence-electron chi connectivity index (χ1n) is 5.78. The Morgan fingerprint density at radius 2 is 2.21 bits per heavy atom. The summed E-state index contributed by atoms with van der Waals surface area (Å²) >= 11 is 1.32. The van der Waals surface area contributed by atoms with E-state index in [0.717, 1.165) is 0 Å². The Balaban J connectivity index is 2.32. The molecule has 1 aromatic carbocycles. The van der Waals surface area contributed by atoms with Crippen LogP contribution >= 0.6 is 11.8 Å². The van der Waals surface area contributed by atoms with E-state index in [2.05, 4.69) is 4.74 Å². The largest absolute Gasteiger partial charge is 0.435 e. The number of halogens is 2. The molecular weight excluding hydrogens is 272 g/mol. The van der Waals surface area contributed by atoms with E-state index in [-0.39, 0.29) is 16.8 Å². The SMILES string of the molecule is CCC1SC(N)=C(c2cccc(OC(F)F)c2)C1=O. The number of thioether (sulfide) groups is 1. The Bertz CT molecular complexity index is 531. The zero-order valence-electron chi connectivity index (χ0n) is 10.2. The molecule has 2 rings (SSSR count). The maximum Gasteiger partial charge on any atom is 0.387 e. The summed E-state index contributed by atoms with van der Waals surface area (Å²) < 4.78 is 28.7. The van der Waals surface area contributed by atoms with Crippen molar-refractivity contribution in [1.82, 2.24) is 0 Å². The molecule has 1 unspecified atom stereocenters. The van der Waals surface area contributed by atoms with Crippen molar-refractivity contribution in [2.45, 2.75) is 25.2 Å². The fraction of sp³-hybridized carbons (Fsp3) is 0.308. The van der Waals surface area contributed by atoms with Crippen LogP contribution in [0.2, 0.25) is 0 Å². The highest BCUT2D eigenvalue weighted by molar-refractivity contribution is 8.05. The molecule has 1 aliphatic heterocycles. The Morgan fingerprint density at radius 3 is 2.79 bits per heavy atom. The molecule has 102 valence electrons. The summed E-state index contributed by atoms with van der Waals surface area (Å²) in [6.45, 7) is -0.985. The van der Waals surface area contributed by atoms with Crippen LogP contribution in [0.5, 0.6) is 5.75 Å². The van der Waals surface area contributed by atoms with Crippen LogP contribution in [0.25, 0.3) is 5.57 Å². The Morgan fingerprint density at radius 1 is 1.47 bits per heavy atom. The lowest BCUT2D eigenvalue weighted by Gasteiger charge is -2.08. The van der Waals surface area contributed by atoms with Crippen molar-refractivity contribution in [3.05, 3.63) is 34.9 Å². The van der Waals surface area contributed by atoms with E-state index < -0.39 is 6.61 Å². The van der Waals surface area contributed by atoms with Crippen LogP contribution in [0, 0.1) is 0 Å². The molecule has 2 N–H and O–H groups in total. The first-order valence-corrected chi connectivity index (χ1v) is 6.66. The lowest BCUT2D eigenvalue weighted by atomic mass is 10.00. The minimum absolute atomic E-state index is 0.0190. The van der Waals surface area contributed by atoms with Gasteiger partial charge >= 0.3 is 6.61 Å². The number of allylic oxidation sites excluding steroid dienone is 1. The quantitative estimate of drug-likeness (QED) is 0.924. The molecule has 3 nitrogen and oxygen atoms in total. The summed E-state index contributed by atoms with van der Waals surface area (Å²) in [7, 11) is 0. The van der Waals surface area contributed by atoms with Gasteiger partial charge in [-0.25, -0.2) is 0 Å². The maximum atomic E-state index is 12.2. The predicted molar refractivity (Wildman–Crippen MR) is 70.9 cm³/mol. The Kier molecular flexibility index (Phi) is 4.09. The second kappa shape index (κ2) is 5.61. The van der Waals surface area contributed by atoms with Crippen LogP contribution in [0.4, 0.5) is 8.78 Å². The van der Waals surface area contributed by atoms with Crippen molar-refractivity contribution in [2.24, 2.45) is 5.73 Å². The minimum Gasteiger partial charge on any atom is -0.435 e. The molecule has 0 saturated carbocycles. The molecule has 19 heavy (non-hydrogen) atoms. The molecule has 0 bridgehead atoms. The third kappa shape index (κ3) is 2.89. The van der Waals surface area contributed by atoms with Crippen LogP contribution in [-0.2, 0) is 4.79 Å². The molecule has 6 heteroatoms. The topological polar surface area (TPSA) is 52.3 Å². The number of alkyl halides is 2. The highest BCUT2D eigenvalue weighted by Crippen LogP contribution is 2.39. The Hall–Kier alpha value is -1.56. The number of Topliss-reactive ketones (excluding diaryl/α,β-unsaturated/α-hetero) is 1. The van der Waals surface area contributed by atoms with Gasteiger partial charge in [-0.15, -0.1) is 0 Å². The second-order valence-corrected chi connectivity index (χ2v) is 5.27. The number of hydrogen-bond donors (Lipinski definition) is 1. The fourth-order valence-electron chi connectivity index (χ4n) is 1.93. The average molecular weight is 285 g/mol. The molecule has 0 amide bonds. The van der Waals surface area contributed by atoms with Crippen molar-refractivity contribution in [2.75, 3.05) is 0 Å². The number of ketones is 1. The number of carbonyl (C=O) groups excluding carboxylic acids is 1. The molecule has 1 heterocycles. The first kappa shape index (κ1) is 13.9. The molecule has 0 radical (unpaired) electrons. The van der Waals surface area contributed by atoms with E-state index in [1.54, 1.807) is 12.1 Å². The van der Waals surface area contributed by atoms with Gasteiger partial charge in [0.1, 0.15) is 5.75 Å². The molecule has 1 aliphatic rings. The highest BCUT2D eigenvalue weighted by atomic mass is 32.2. The molecular formula is C13H13F2NO2S. The van der Waals surface area contributed by atoms with E-state index in [1.165, 1.54) is 23.9 Å². The van der Waals surface area contributed by atoms with E-state index in [1.807, 2.05) is 6.92 Å². The third-order valence-corrected chi connectivity index (χ3v) is 4.06. The summed E-state index contributed by atoms with van der Waals surface area (Å²) in [5.74, 6) is -0.0373. The maximum absolute atomic E-state index is 12.2. The average Bonchev–Trinajstić information content (AvgIpc) is 2.63. The first-order chi connectivity index (χ1) is 9.02. The highest BCUT2D eigenvalue weighted by Gasteiger charge is 2.32. The second-order valence-electron chi connectivity index (χ2n) is 4.02. The van der Waals surface area contributed by atoms with Gasteiger partial charge in [0.25, 0.3) is 0 Å². The van der Waals surface area contributed by atoms with Gasteiger partial charge in [-0.1, -0.05) is 30.8 Å². The van der Waals surface area contributed by atoms with Gasteiger partial charge in [-0.3, -0.25) is 4.79 Å². The van der Waals surface area contributed by atoms with E-state index >= 15 is 0 Å². The predicted octanol–water partition coefficient (Wildman–Crippen LogP) is 3.01. The van der Waals surface area contributed by atoms with Crippen molar-refractivity contribution in [3.63, 3.8) is 0 Å². The third-order valence-electron chi connectivity index (χ3n) is 2.77. The molecule has 0 aliphatic carbocycles. The van der Waals surface area contributed by atoms with E-state index in [9.17, 15) is 13.6 Å². The summed E-state index contributed by atoms with van der Waals surface area (Å²) in [4.78, 5) is 12.1. The van der Waals surface area contributed by atoms with Gasteiger partial charge in [0.15, 0.2) is 5.78 Å². The number of hydrogen-bond acceptors (Lipinski definition) is 4. The molecule has 0 spiro atoms. The van der Waals surface area contributed by atoms with Crippen molar-refractivity contribution in [3.8, 4) is 5.75 Å². The van der Waals surface area contributed by atoms with Crippen LogP contribution in [0.15, 0.2) is 29.3 Å². The number of carbonyl (C=O) groups is 1. The lowest BCUT2D eigenvalue weighted by Crippen LogP contribution is -2.12. The minimum atomic E-state index is -2.89. The van der Waals surface area contributed by atoms with Crippen LogP contribution in [0.1, 0.15) is 18.9 Å². The fourth-order valence-corrected chi connectivity index (χ4v) is 2.96. The zero-order chi connectivity index (χ0) is 14.0. The van der Waals surface area contributed by atoms with Crippen molar-refractivity contribution >= 4 is 23.1 Å². The number of nitrogens with two attached hydrogens (primary N) is 1. The van der Waals surface area contributed by atoms with E-state index in [4.69, 9.17) is 5.73 Å². The smallest absolute Gasteiger partial charge is 0.387 e. The monoisotopic (exact) mass is 285 g/mol. The zero-order valence-corrected chi connectivity index (χ0v) is 11.0. The van der Waals surface area contributed by atoms with Crippen LogP contribution in [-0.4, -0.2) is 17.6 Å². The number of benzene rings is 1. The van der Waals surface area contributed by atoms with E-state index in [0.29, 0.717) is 22.6 Å². The lowest BCUT2D eigenvalue weighted by molar-refractivity contribution is -0.113. The molecule has 1 atom stereocenters. The summed E-state index contributed by atoms with van der Waals surface area (Å²) in [6, 6.07) is 6.04. The van der Waals surface area contributed by atoms with Gasteiger partial charge in [0, 0.05) is 0 Å². The van der Waals surface area contributed by atoms with Gasteiger partial charge in [0.05, 0.1) is 15.9 Å². The van der Waals surface area contributed by atoms with Gasteiger partial charge in [-0.2, -0.15) is 8.78 Å². The van der Waals surface area contributed by atoms with Crippen LogP contribution < -0.4 is 10.5 Å². The molecule has 1 aromatic rings. The van der Waals surface area contributed by atoms with Gasteiger partial charge in [0.2, 0.25) is 0 Å². The normalized spacial score (nSPS) is 19.4. The number of ether oxygens (including phenoxy) is 1. The van der Waals surface area contributed by atoms with Crippen molar-refractivity contribution < 1.29 is 18.3 Å². The molecule has 0 fully saturated rings. The number of rotatable bonds is 4. The van der Waals surface area contributed by atoms with Gasteiger partial charge < -0.3 is 10.5 Å². The summed E-state index contributed by atoms with van der Waals surface area (Å²) in [6.07, 6.45) is 0.681. The van der Waals surface area contributed by atoms with Crippen molar-refractivity contribution in [1.29, 1.82) is 0 Å². The molecule has 0 saturated heterocycles. The standard InChI is InChI=1S/C13H13F2NO2S/c1-2-9-11(17)10(12(16)19-9)7-4-3-5-8(6-7)18-13(14)15/h3-6,9,13H,2,16H2,1H3. The molecule has 0 aromatic heterocycles. The Labute approximate surface area is 113 Å². The summed E-state index contributed by atoms with van der Waals surface area (Å²) in [5.41, 5.74) is 6.77. The van der Waals surface area contributed by atoms with Crippen LogP contribution in [0.3, 0.4) is 0 Å². The summed E-state index contributed by atoms with van der Waals surface area (Å²) in [5, 5.41) is 0.251.